The second kappa shape index (κ2) is 11.4. The Bertz CT molecular complexity index is 1610. The summed E-state index contributed by atoms with van der Waals surface area (Å²) in [7, 11) is 0. The molecule has 0 bridgehead atoms. The maximum atomic E-state index is 13.2. The molecule has 6 rings (SSSR count). The Morgan fingerprint density at radius 3 is 2.76 bits per heavy atom. The van der Waals surface area contributed by atoms with Crippen molar-refractivity contribution in [2.45, 2.75) is 45.1 Å². The van der Waals surface area contributed by atoms with Gasteiger partial charge in [0.2, 0.25) is 17.8 Å². The van der Waals surface area contributed by atoms with Gasteiger partial charge < -0.3 is 20.9 Å². The highest BCUT2D eigenvalue weighted by Crippen LogP contribution is 2.34. The molecule has 4 aromatic rings. The van der Waals surface area contributed by atoms with Gasteiger partial charge in [-0.1, -0.05) is 35.1 Å². The van der Waals surface area contributed by atoms with Crippen molar-refractivity contribution in [1.29, 1.82) is 0 Å². The van der Waals surface area contributed by atoms with Crippen molar-refractivity contribution in [1.82, 2.24) is 19.9 Å². The zero-order valence-corrected chi connectivity index (χ0v) is 23.7. The maximum Gasteiger partial charge on any atom is 0.267 e. The molecule has 210 valence electrons. The maximum absolute atomic E-state index is 13.2. The lowest BCUT2D eigenvalue weighted by Gasteiger charge is -2.25. The first kappa shape index (κ1) is 27.0. The third-order valence-electron chi connectivity index (χ3n) is 7.14. The first-order valence-electron chi connectivity index (χ1n) is 13.2. The number of benzene rings is 1. The van der Waals surface area contributed by atoms with E-state index in [1.165, 1.54) is 35.9 Å². The molecule has 0 saturated carbocycles. The van der Waals surface area contributed by atoms with Crippen LogP contribution in [0.2, 0.25) is 5.02 Å². The van der Waals surface area contributed by atoms with Crippen LogP contribution in [0.1, 0.15) is 45.8 Å². The lowest BCUT2D eigenvalue weighted by Crippen LogP contribution is -2.40. The third-order valence-corrected chi connectivity index (χ3v) is 8.37. The Kier molecular flexibility index (Phi) is 7.50. The molecule has 1 saturated heterocycles. The van der Waals surface area contributed by atoms with Crippen molar-refractivity contribution in [3.05, 3.63) is 75.4 Å². The van der Waals surface area contributed by atoms with E-state index in [1.54, 1.807) is 6.07 Å². The molecule has 1 aromatic carbocycles. The number of hydrogen-bond donors (Lipinski definition) is 3. The van der Waals surface area contributed by atoms with Crippen LogP contribution in [-0.4, -0.2) is 44.3 Å². The van der Waals surface area contributed by atoms with Gasteiger partial charge in [-0.3, -0.25) is 9.59 Å². The van der Waals surface area contributed by atoms with E-state index in [0.717, 1.165) is 42.5 Å². The molecule has 41 heavy (non-hydrogen) atoms. The zero-order valence-electron chi connectivity index (χ0n) is 22.1. The molecular weight excluding hydrogens is 567 g/mol. The van der Waals surface area contributed by atoms with Gasteiger partial charge in [-0.25, -0.2) is 15.0 Å². The topological polar surface area (TPSA) is 125 Å². The van der Waals surface area contributed by atoms with Crippen molar-refractivity contribution in [3.63, 3.8) is 0 Å². The van der Waals surface area contributed by atoms with Crippen LogP contribution in [-0.2, 0) is 17.6 Å². The Balaban J connectivity index is 1.21. The van der Waals surface area contributed by atoms with Crippen LogP contribution in [0.5, 0.6) is 0 Å². The second-order valence-corrected chi connectivity index (χ2v) is 11.3. The van der Waals surface area contributed by atoms with E-state index < -0.39 is 12.0 Å². The predicted molar refractivity (Wildman–Crippen MR) is 157 cm³/mol. The number of nitrogens with one attached hydrogen (secondary N) is 3. The fourth-order valence-corrected chi connectivity index (χ4v) is 6.09. The minimum absolute atomic E-state index is 0.223. The van der Waals surface area contributed by atoms with Crippen LogP contribution in [0.25, 0.3) is 0 Å². The molecule has 0 spiro atoms. The Morgan fingerprint density at radius 2 is 1.95 bits per heavy atom. The molecule has 1 fully saturated rings. The summed E-state index contributed by atoms with van der Waals surface area (Å²) in [4.78, 5) is 46.1. The van der Waals surface area contributed by atoms with Crippen molar-refractivity contribution in [2.75, 3.05) is 27.4 Å². The number of carbonyl (C=O) groups is 2. The van der Waals surface area contributed by atoms with Crippen LogP contribution in [0.3, 0.4) is 0 Å². The number of fused-ring (bicyclic) bond motifs is 1. The van der Waals surface area contributed by atoms with E-state index in [0.29, 0.717) is 51.1 Å². The van der Waals surface area contributed by atoms with Gasteiger partial charge in [0.05, 0.1) is 34.5 Å². The lowest BCUT2D eigenvalue weighted by atomic mass is 10.2. The summed E-state index contributed by atoms with van der Waals surface area (Å²) in [5.41, 5.74) is 3.81. The quantitative estimate of drug-likeness (QED) is 0.240. The van der Waals surface area contributed by atoms with Gasteiger partial charge in [-0.2, -0.15) is 9.37 Å². The van der Waals surface area contributed by atoms with E-state index in [2.05, 4.69) is 25.9 Å². The summed E-state index contributed by atoms with van der Waals surface area (Å²) < 4.78 is 13.2. The molecular formula is C28H26ClFN8O2S. The number of amides is 2. The molecule has 3 N–H and O–H groups in total. The molecule has 1 atom stereocenters. The SMILES string of the molecule is Cc1cccc(Cl)c1NC(=O)c1cnc(Nc2nc(N3CCC[C@H]3C(=O)Nc3ccc(F)nc3)nc3c2CCC3)s1. The van der Waals surface area contributed by atoms with Crippen molar-refractivity contribution < 1.29 is 14.0 Å². The number of halogens is 2. The number of carbonyl (C=O) groups excluding carboxylic acids is 2. The predicted octanol–water partition coefficient (Wildman–Crippen LogP) is 5.52. The van der Waals surface area contributed by atoms with Crippen molar-refractivity contribution >= 4 is 63.0 Å². The minimum atomic E-state index is -0.610. The molecule has 4 heterocycles. The number of para-hydroxylation sites is 1. The van der Waals surface area contributed by atoms with Crippen LogP contribution >= 0.6 is 22.9 Å². The lowest BCUT2D eigenvalue weighted by molar-refractivity contribution is -0.117. The monoisotopic (exact) mass is 592 g/mol. The zero-order chi connectivity index (χ0) is 28.5. The summed E-state index contributed by atoms with van der Waals surface area (Å²) in [6.45, 7) is 2.50. The standard InChI is InChI=1S/C28H26ClFN8O2S/c1-15-5-2-7-18(29)23(15)35-26(40)21-14-32-28(41-21)37-24-17-6-3-8-19(17)34-27(36-24)38-12-4-9-20(38)25(39)33-16-10-11-22(30)31-13-16/h2,5,7,10-11,13-14,20H,3-4,6,8-9,12H2,1H3,(H,33,39)(H,35,40)(H,32,34,36,37)/t20-/m0/s1. The number of anilines is 5. The number of aryl methyl sites for hydroxylation is 2. The van der Waals surface area contributed by atoms with E-state index in [9.17, 15) is 14.0 Å². The number of rotatable bonds is 7. The van der Waals surface area contributed by atoms with Gasteiger partial charge in [-0.15, -0.1) is 0 Å². The average molecular weight is 593 g/mol. The minimum Gasteiger partial charge on any atom is -0.329 e. The highest BCUT2D eigenvalue weighted by molar-refractivity contribution is 7.17. The highest BCUT2D eigenvalue weighted by Gasteiger charge is 2.34. The molecule has 10 nitrogen and oxygen atoms in total. The number of pyridine rings is 1. The van der Waals surface area contributed by atoms with Gasteiger partial charge in [0, 0.05) is 12.1 Å². The van der Waals surface area contributed by atoms with E-state index >= 15 is 0 Å². The fraction of sp³-hybridized carbons (Fsp3) is 0.286. The Hall–Kier alpha value is -4.16. The number of hydrogen-bond acceptors (Lipinski definition) is 9. The summed E-state index contributed by atoms with van der Waals surface area (Å²) in [6, 6.07) is 7.64. The van der Waals surface area contributed by atoms with Gasteiger partial charge in [-0.05, 0) is 62.8 Å². The van der Waals surface area contributed by atoms with E-state index in [1.807, 2.05) is 24.0 Å². The summed E-state index contributed by atoms with van der Waals surface area (Å²) in [5, 5.41) is 9.98. The molecule has 1 aliphatic carbocycles. The third kappa shape index (κ3) is 5.70. The van der Waals surface area contributed by atoms with Crippen LogP contribution in [0.15, 0.2) is 42.7 Å². The second-order valence-electron chi connectivity index (χ2n) is 9.90. The van der Waals surface area contributed by atoms with Crippen molar-refractivity contribution in [3.8, 4) is 0 Å². The normalized spacial score (nSPS) is 16.0. The van der Waals surface area contributed by atoms with Gasteiger partial charge >= 0.3 is 0 Å². The number of thiazole rings is 1. The molecule has 0 unspecified atom stereocenters. The van der Waals surface area contributed by atoms with Crippen LogP contribution in [0.4, 0.5) is 32.7 Å². The average Bonchev–Trinajstić information content (AvgIpc) is 3.73. The first-order chi connectivity index (χ1) is 19.9. The highest BCUT2D eigenvalue weighted by atomic mass is 35.5. The summed E-state index contributed by atoms with van der Waals surface area (Å²) in [6.07, 6.45) is 6.84. The molecule has 0 radical (unpaired) electrons. The smallest absolute Gasteiger partial charge is 0.267 e. The molecule has 3 aromatic heterocycles. The molecule has 2 amide bonds. The molecule has 2 aliphatic rings. The molecule has 1 aliphatic heterocycles. The van der Waals surface area contributed by atoms with Gasteiger partial charge in [0.25, 0.3) is 5.91 Å². The van der Waals surface area contributed by atoms with Gasteiger partial charge in [0.1, 0.15) is 16.7 Å². The summed E-state index contributed by atoms with van der Waals surface area (Å²) in [5.74, 6) is -0.0477. The fourth-order valence-electron chi connectivity index (χ4n) is 5.11. The molecule has 13 heteroatoms. The van der Waals surface area contributed by atoms with E-state index in [4.69, 9.17) is 21.6 Å². The van der Waals surface area contributed by atoms with E-state index in [-0.39, 0.29) is 11.8 Å². The summed E-state index contributed by atoms with van der Waals surface area (Å²) >= 11 is 7.48. The van der Waals surface area contributed by atoms with Crippen LogP contribution < -0.4 is 20.9 Å². The first-order valence-corrected chi connectivity index (χ1v) is 14.4. The van der Waals surface area contributed by atoms with Crippen LogP contribution in [0, 0.1) is 12.9 Å². The largest absolute Gasteiger partial charge is 0.329 e. The van der Waals surface area contributed by atoms with Gasteiger partial charge in [0.15, 0.2) is 5.13 Å². The van der Waals surface area contributed by atoms with Crippen molar-refractivity contribution in [2.24, 2.45) is 0 Å². The number of aromatic nitrogens is 4. The number of nitrogens with zero attached hydrogens (tertiary/aromatic N) is 5. The Labute approximate surface area is 244 Å². The Morgan fingerprint density at radius 1 is 1.07 bits per heavy atom.